The zero-order chi connectivity index (χ0) is 24.8. The van der Waals surface area contributed by atoms with Gasteiger partial charge in [-0.25, -0.2) is 13.4 Å². The van der Waals surface area contributed by atoms with E-state index in [0.717, 1.165) is 28.1 Å². The molecule has 178 valence electrons. The molecule has 35 heavy (non-hydrogen) atoms. The Balaban J connectivity index is 1.36. The van der Waals surface area contributed by atoms with Crippen LogP contribution in [0.5, 0.6) is 5.75 Å². The molecule has 0 unspecified atom stereocenters. The maximum absolute atomic E-state index is 12.7. The van der Waals surface area contributed by atoms with E-state index in [1.807, 2.05) is 60.8 Å². The fourth-order valence-electron chi connectivity index (χ4n) is 3.32. The van der Waals surface area contributed by atoms with Crippen LogP contribution in [0.4, 0.5) is 5.13 Å². The average molecular weight is 505 g/mol. The SMILES string of the molecule is COc1ccc(-c2csc(NC(=O)/C=C/c3ccc(S(=O)(=O)Cc4ccc(C)cc4)cc3)n2)cc1. The molecule has 4 aromatic rings. The van der Waals surface area contributed by atoms with Crippen LogP contribution in [-0.4, -0.2) is 26.4 Å². The largest absolute Gasteiger partial charge is 0.497 e. The third-order valence-corrected chi connectivity index (χ3v) is 7.73. The first-order chi connectivity index (χ1) is 16.8. The van der Waals surface area contributed by atoms with E-state index in [1.54, 1.807) is 37.5 Å². The lowest BCUT2D eigenvalue weighted by Crippen LogP contribution is -2.07. The van der Waals surface area contributed by atoms with Crippen molar-refractivity contribution in [3.05, 3.63) is 101 Å². The number of carbonyl (C=O) groups is 1. The molecule has 0 radical (unpaired) electrons. The van der Waals surface area contributed by atoms with Gasteiger partial charge in [0.2, 0.25) is 5.91 Å². The number of hydrogen-bond acceptors (Lipinski definition) is 6. The van der Waals surface area contributed by atoms with E-state index in [-0.39, 0.29) is 16.6 Å². The second-order valence-electron chi connectivity index (χ2n) is 7.90. The van der Waals surface area contributed by atoms with E-state index in [9.17, 15) is 13.2 Å². The number of rotatable bonds is 8. The Morgan fingerprint density at radius 3 is 2.34 bits per heavy atom. The molecule has 1 heterocycles. The highest BCUT2D eigenvalue weighted by Gasteiger charge is 2.15. The smallest absolute Gasteiger partial charge is 0.250 e. The third kappa shape index (κ3) is 6.44. The normalized spacial score (nSPS) is 11.5. The first kappa shape index (κ1) is 24.4. The molecule has 0 bridgehead atoms. The van der Waals surface area contributed by atoms with Crippen molar-refractivity contribution in [1.82, 2.24) is 4.98 Å². The Morgan fingerprint density at radius 1 is 1.00 bits per heavy atom. The number of amides is 1. The van der Waals surface area contributed by atoms with E-state index in [1.165, 1.54) is 17.4 Å². The highest BCUT2D eigenvalue weighted by atomic mass is 32.2. The van der Waals surface area contributed by atoms with E-state index in [4.69, 9.17) is 4.74 Å². The number of carbonyl (C=O) groups excluding carboxylic acids is 1. The van der Waals surface area contributed by atoms with Gasteiger partial charge in [-0.2, -0.15) is 0 Å². The Bertz CT molecular complexity index is 1440. The summed E-state index contributed by atoms with van der Waals surface area (Å²) in [5.41, 5.74) is 4.23. The lowest BCUT2D eigenvalue weighted by Gasteiger charge is -2.06. The summed E-state index contributed by atoms with van der Waals surface area (Å²) in [5.74, 6) is 0.383. The summed E-state index contributed by atoms with van der Waals surface area (Å²) in [6.45, 7) is 1.96. The minimum atomic E-state index is -3.46. The van der Waals surface area contributed by atoms with Gasteiger partial charge < -0.3 is 4.74 Å². The van der Waals surface area contributed by atoms with Gasteiger partial charge >= 0.3 is 0 Å². The van der Waals surface area contributed by atoms with Crippen LogP contribution in [0.2, 0.25) is 0 Å². The first-order valence-electron chi connectivity index (χ1n) is 10.8. The van der Waals surface area contributed by atoms with E-state index in [0.29, 0.717) is 10.7 Å². The molecule has 0 saturated heterocycles. The fourth-order valence-corrected chi connectivity index (χ4v) is 5.39. The van der Waals surface area contributed by atoms with Crippen molar-refractivity contribution in [3.63, 3.8) is 0 Å². The van der Waals surface area contributed by atoms with Crippen LogP contribution in [0.25, 0.3) is 17.3 Å². The number of nitrogens with one attached hydrogen (secondary N) is 1. The lowest BCUT2D eigenvalue weighted by molar-refractivity contribution is -0.111. The van der Waals surface area contributed by atoms with Crippen LogP contribution in [0.1, 0.15) is 16.7 Å². The quantitative estimate of drug-likeness (QED) is 0.309. The molecule has 0 atom stereocenters. The minimum Gasteiger partial charge on any atom is -0.497 e. The number of benzene rings is 3. The number of aromatic nitrogens is 1. The second-order valence-corrected chi connectivity index (χ2v) is 10.8. The summed E-state index contributed by atoms with van der Waals surface area (Å²) in [5, 5.41) is 5.11. The van der Waals surface area contributed by atoms with Gasteiger partial charge in [0.05, 0.1) is 23.5 Å². The number of thiazole rings is 1. The predicted molar refractivity (Wildman–Crippen MR) is 140 cm³/mol. The Morgan fingerprint density at radius 2 is 1.69 bits per heavy atom. The van der Waals surface area contributed by atoms with E-state index < -0.39 is 9.84 Å². The number of anilines is 1. The molecule has 0 spiro atoms. The molecule has 0 fully saturated rings. The van der Waals surface area contributed by atoms with Gasteiger partial charge in [-0.15, -0.1) is 11.3 Å². The highest BCUT2D eigenvalue weighted by Crippen LogP contribution is 2.26. The zero-order valence-electron chi connectivity index (χ0n) is 19.3. The van der Waals surface area contributed by atoms with Crippen LogP contribution in [0.15, 0.2) is 89.1 Å². The summed E-state index contributed by atoms with van der Waals surface area (Å²) in [7, 11) is -1.84. The number of nitrogens with zero attached hydrogens (tertiary/aromatic N) is 1. The van der Waals surface area contributed by atoms with Gasteiger partial charge in [-0.05, 0) is 60.5 Å². The van der Waals surface area contributed by atoms with Crippen molar-refractivity contribution in [2.45, 2.75) is 17.6 Å². The monoisotopic (exact) mass is 504 g/mol. The standard InChI is InChI=1S/C27H24N2O4S2/c1-19-3-5-21(6-4-19)18-35(31,32)24-14-7-20(8-15-24)9-16-26(30)29-27-28-25(17-34-27)22-10-12-23(33-2)13-11-22/h3-17H,18H2,1-2H3,(H,28,29,30)/b16-9+. The molecule has 3 aromatic carbocycles. The highest BCUT2D eigenvalue weighted by molar-refractivity contribution is 7.90. The molecule has 1 amide bonds. The third-order valence-electron chi connectivity index (χ3n) is 5.26. The Labute approximate surface area is 208 Å². The van der Waals surface area contributed by atoms with Crippen molar-refractivity contribution < 1.29 is 17.9 Å². The van der Waals surface area contributed by atoms with Gasteiger partial charge in [0.1, 0.15) is 5.75 Å². The lowest BCUT2D eigenvalue weighted by atomic mass is 10.2. The molecule has 6 nitrogen and oxygen atoms in total. The molecule has 0 aliphatic heterocycles. The van der Waals surface area contributed by atoms with E-state index >= 15 is 0 Å². The van der Waals surface area contributed by atoms with Crippen molar-refractivity contribution in [2.24, 2.45) is 0 Å². The molecule has 8 heteroatoms. The maximum atomic E-state index is 12.7. The van der Waals surface area contributed by atoms with E-state index in [2.05, 4.69) is 10.3 Å². The molecule has 1 aromatic heterocycles. The summed E-state index contributed by atoms with van der Waals surface area (Å²) in [6, 6.07) is 21.4. The van der Waals surface area contributed by atoms with Gasteiger partial charge in [-0.3, -0.25) is 10.1 Å². The Kier molecular flexibility index (Phi) is 7.43. The fraction of sp³-hybridized carbons (Fsp3) is 0.111. The molecule has 0 aliphatic rings. The molecular formula is C27H24N2O4S2. The summed E-state index contributed by atoms with van der Waals surface area (Å²) in [4.78, 5) is 17.0. The van der Waals surface area contributed by atoms with Crippen LogP contribution >= 0.6 is 11.3 Å². The molecule has 0 aliphatic carbocycles. The van der Waals surface area contributed by atoms with Crippen molar-refractivity contribution >= 4 is 38.3 Å². The summed E-state index contributed by atoms with van der Waals surface area (Å²) >= 11 is 1.34. The summed E-state index contributed by atoms with van der Waals surface area (Å²) < 4.78 is 30.6. The van der Waals surface area contributed by atoms with Crippen LogP contribution in [-0.2, 0) is 20.4 Å². The number of aryl methyl sites for hydroxylation is 1. The van der Waals surface area contributed by atoms with Gasteiger partial charge in [0.15, 0.2) is 15.0 Å². The number of sulfone groups is 1. The zero-order valence-corrected chi connectivity index (χ0v) is 20.9. The Hall–Kier alpha value is -3.75. The molecule has 1 N–H and O–H groups in total. The van der Waals surface area contributed by atoms with Crippen LogP contribution < -0.4 is 10.1 Å². The second kappa shape index (κ2) is 10.7. The first-order valence-corrected chi connectivity index (χ1v) is 13.3. The van der Waals surface area contributed by atoms with Gasteiger partial charge in [-0.1, -0.05) is 42.0 Å². The maximum Gasteiger partial charge on any atom is 0.250 e. The topological polar surface area (TPSA) is 85.4 Å². The van der Waals surface area contributed by atoms with Crippen LogP contribution in [0.3, 0.4) is 0 Å². The number of ether oxygens (including phenoxy) is 1. The predicted octanol–water partition coefficient (Wildman–Crippen LogP) is 5.75. The molecule has 0 saturated carbocycles. The van der Waals surface area contributed by atoms with Gasteiger partial charge in [0, 0.05) is 17.0 Å². The minimum absolute atomic E-state index is 0.0583. The van der Waals surface area contributed by atoms with Crippen LogP contribution in [0, 0.1) is 6.92 Å². The van der Waals surface area contributed by atoms with Gasteiger partial charge in [0.25, 0.3) is 0 Å². The number of methoxy groups -OCH3 is 1. The van der Waals surface area contributed by atoms with Crippen molar-refractivity contribution in [1.29, 1.82) is 0 Å². The number of hydrogen-bond donors (Lipinski definition) is 1. The van der Waals surface area contributed by atoms with Crippen molar-refractivity contribution in [3.8, 4) is 17.0 Å². The summed E-state index contributed by atoms with van der Waals surface area (Å²) in [6.07, 6.45) is 3.02. The van der Waals surface area contributed by atoms with Crippen molar-refractivity contribution in [2.75, 3.05) is 12.4 Å². The molecule has 4 rings (SSSR count). The molecular weight excluding hydrogens is 480 g/mol. The average Bonchev–Trinajstić information content (AvgIpc) is 3.33.